The minimum atomic E-state index is -0.680. The van der Waals surface area contributed by atoms with Gasteiger partial charge in [-0.25, -0.2) is 0 Å². The van der Waals surface area contributed by atoms with Crippen LogP contribution in [0.1, 0.15) is 30.7 Å². The lowest BCUT2D eigenvalue weighted by atomic mass is 9.98. The lowest BCUT2D eigenvalue weighted by molar-refractivity contribution is 0.0514. The second-order valence-electron chi connectivity index (χ2n) is 3.81. The van der Waals surface area contributed by atoms with Gasteiger partial charge in [-0.05, 0) is 50.4 Å². The van der Waals surface area contributed by atoms with Gasteiger partial charge >= 0.3 is 0 Å². The summed E-state index contributed by atoms with van der Waals surface area (Å²) in [5.74, 6) is 0. The Bertz CT molecular complexity index is 281. The van der Waals surface area contributed by atoms with E-state index in [1.807, 2.05) is 19.2 Å². The molecule has 1 aromatic rings. The normalized spacial score (nSPS) is 15.4. The van der Waals surface area contributed by atoms with Crippen molar-refractivity contribution in [2.75, 3.05) is 13.1 Å². The fourth-order valence-electron chi connectivity index (χ4n) is 1.55. The van der Waals surface area contributed by atoms with Gasteiger partial charge in [0.2, 0.25) is 0 Å². The molecule has 0 amide bonds. The molecule has 1 rings (SSSR count). The molecule has 0 fully saturated rings. The van der Waals surface area contributed by atoms with Crippen LogP contribution in [0.15, 0.2) is 11.4 Å². The highest BCUT2D eigenvalue weighted by molar-refractivity contribution is 7.10. The fourth-order valence-corrected chi connectivity index (χ4v) is 2.56. The summed E-state index contributed by atoms with van der Waals surface area (Å²) in [6, 6.07) is 2.06. The Kier molecular flexibility index (Phi) is 4.11. The summed E-state index contributed by atoms with van der Waals surface area (Å²) in [7, 11) is 0. The first-order chi connectivity index (χ1) is 6.58. The van der Waals surface area contributed by atoms with E-state index in [9.17, 15) is 5.11 Å². The molecule has 14 heavy (non-hydrogen) atoms. The van der Waals surface area contributed by atoms with Crippen LogP contribution in [-0.4, -0.2) is 18.2 Å². The molecule has 0 spiro atoms. The maximum atomic E-state index is 10.3. The predicted octanol–water partition coefficient (Wildman–Crippen LogP) is 2.26. The van der Waals surface area contributed by atoms with Crippen LogP contribution in [0.25, 0.3) is 0 Å². The molecule has 0 aliphatic rings. The van der Waals surface area contributed by atoms with Crippen molar-refractivity contribution in [1.29, 1.82) is 0 Å². The van der Waals surface area contributed by atoms with Crippen molar-refractivity contribution >= 4 is 11.3 Å². The zero-order valence-corrected chi connectivity index (χ0v) is 9.95. The molecule has 2 nitrogen and oxygen atoms in total. The largest absolute Gasteiger partial charge is 0.385 e. The van der Waals surface area contributed by atoms with Crippen LogP contribution in [0.5, 0.6) is 0 Å². The molecular formula is C11H19NOS. The molecule has 1 unspecified atom stereocenters. The first-order valence-corrected chi connectivity index (χ1v) is 5.93. The number of aryl methyl sites for hydroxylation is 1. The summed E-state index contributed by atoms with van der Waals surface area (Å²) in [5, 5.41) is 15.5. The van der Waals surface area contributed by atoms with Crippen LogP contribution >= 0.6 is 11.3 Å². The standard InChI is InChI=1S/C11H19NOS/c1-4-12-7-6-11(3,13)10-9(2)5-8-14-10/h5,8,12-13H,4,6-7H2,1-3H3. The van der Waals surface area contributed by atoms with Crippen molar-refractivity contribution in [3.05, 3.63) is 21.9 Å². The smallest absolute Gasteiger partial charge is 0.0974 e. The highest BCUT2D eigenvalue weighted by Gasteiger charge is 2.25. The van der Waals surface area contributed by atoms with Gasteiger partial charge in [-0.3, -0.25) is 0 Å². The van der Waals surface area contributed by atoms with E-state index >= 15 is 0 Å². The fraction of sp³-hybridized carbons (Fsp3) is 0.636. The van der Waals surface area contributed by atoms with E-state index in [2.05, 4.69) is 18.3 Å². The maximum absolute atomic E-state index is 10.3. The second-order valence-corrected chi connectivity index (χ2v) is 4.73. The Morgan fingerprint density at radius 2 is 2.29 bits per heavy atom. The Morgan fingerprint density at radius 1 is 1.57 bits per heavy atom. The monoisotopic (exact) mass is 213 g/mol. The molecular weight excluding hydrogens is 194 g/mol. The van der Waals surface area contributed by atoms with Gasteiger partial charge in [0.25, 0.3) is 0 Å². The van der Waals surface area contributed by atoms with Crippen molar-refractivity contribution in [2.45, 2.75) is 32.8 Å². The first-order valence-electron chi connectivity index (χ1n) is 5.05. The van der Waals surface area contributed by atoms with Gasteiger partial charge in [0.05, 0.1) is 5.60 Å². The van der Waals surface area contributed by atoms with E-state index < -0.39 is 5.60 Å². The van der Waals surface area contributed by atoms with E-state index in [1.54, 1.807) is 11.3 Å². The molecule has 0 saturated heterocycles. The molecule has 0 bridgehead atoms. The molecule has 1 atom stereocenters. The molecule has 80 valence electrons. The Balaban J connectivity index is 2.61. The van der Waals surface area contributed by atoms with Gasteiger partial charge < -0.3 is 10.4 Å². The third kappa shape index (κ3) is 2.80. The SMILES string of the molecule is CCNCCC(C)(O)c1sccc1C. The minimum Gasteiger partial charge on any atom is -0.385 e. The molecule has 0 aromatic carbocycles. The zero-order valence-electron chi connectivity index (χ0n) is 9.13. The number of thiophene rings is 1. The number of nitrogens with one attached hydrogen (secondary N) is 1. The van der Waals surface area contributed by atoms with Crippen molar-refractivity contribution in [3.8, 4) is 0 Å². The van der Waals surface area contributed by atoms with Gasteiger partial charge in [-0.1, -0.05) is 6.92 Å². The van der Waals surface area contributed by atoms with E-state index in [-0.39, 0.29) is 0 Å². The minimum absolute atomic E-state index is 0.680. The quantitative estimate of drug-likeness (QED) is 0.735. The molecule has 0 radical (unpaired) electrons. The third-order valence-corrected chi connectivity index (χ3v) is 3.66. The molecule has 0 saturated carbocycles. The lowest BCUT2D eigenvalue weighted by Gasteiger charge is -2.23. The summed E-state index contributed by atoms with van der Waals surface area (Å²) < 4.78 is 0. The Morgan fingerprint density at radius 3 is 2.79 bits per heavy atom. The van der Waals surface area contributed by atoms with Crippen LogP contribution < -0.4 is 5.32 Å². The zero-order chi connectivity index (χ0) is 10.6. The van der Waals surface area contributed by atoms with Crippen molar-refractivity contribution in [2.24, 2.45) is 0 Å². The van der Waals surface area contributed by atoms with E-state index in [4.69, 9.17) is 0 Å². The average molecular weight is 213 g/mol. The van der Waals surface area contributed by atoms with Crippen molar-refractivity contribution in [3.63, 3.8) is 0 Å². The summed E-state index contributed by atoms with van der Waals surface area (Å²) in [6.07, 6.45) is 0.766. The highest BCUT2D eigenvalue weighted by Crippen LogP contribution is 2.31. The predicted molar refractivity (Wildman–Crippen MR) is 61.8 cm³/mol. The van der Waals surface area contributed by atoms with Crippen LogP contribution in [0.4, 0.5) is 0 Å². The van der Waals surface area contributed by atoms with Crippen LogP contribution in [0.2, 0.25) is 0 Å². The van der Waals surface area contributed by atoms with Gasteiger partial charge in [0, 0.05) is 4.88 Å². The Hall–Kier alpha value is -0.380. The number of aliphatic hydroxyl groups is 1. The van der Waals surface area contributed by atoms with Gasteiger partial charge in [-0.15, -0.1) is 11.3 Å². The summed E-state index contributed by atoms with van der Waals surface area (Å²) in [4.78, 5) is 1.09. The molecule has 1 aromatic heterocycles. The van der Waals surface area contributed by atoms with Gasteiger partial charge in [0.1, 0.15) is 0 Å². The summed E-state index contributed by atoms with van der Waals surface area (Å²) in [5.41, 5.74) is 0.511. The second kappa shape index (κ2) is 4.91. The molecule has 3 heteroatoms. The van der Waals surface area contributed by atoms with Crippen LogP contribution in [-0.2, 0) is 5.60 Å². The average Bonchev–Trinajstić information content (AvgIpc) is 2.52. The van der Waals surface area contributed by atoms with E-state index in [1.165, 1.54) is 5.56 Å². The third-order valence-electron chi connectivity index (χ3n) is 2.39. The van der Waals surface area contributed by atoms with Crippen LogP contribution in [0, 0.1) is 6.92 Å². The topological polar surface area (TPSA) is 32.3 Å². The summed E-state index contributed by atoms with van der Waals surface area (Å²) >= 11 is 1.64. The van der Waals surface area contributed by atoms with Crippen molar-refractivity contribution in [1.82, 2.24) is 5.32 Å². The molecule has 2 N–H and O–H groups in total. The summed E-state index contributed by atoms with van der Waals surface area (Å²) in [6.45, 7) is 7.84. The number of hydrogen-bond donors (Lipinski definition) is 2. The molecule has 0 aliphatic carbocycles. The number of hydrogen-bond acceptors (Lipinski definition) is 3. The first kappa shape index (κ1) is 11.7. The van der Waals surface area contributed by atoms with E-state index in [0.29, 0.717) is 0 Å². The van der Waals surface area contributed by atoms with Crippen LogP contribution in [0.3, 0.4) is 0 Å². The highest BCUT2D eigenvalue weighted by atomic mass is 32.1. The van der Waals surface area contributed by atoms with Crippen molar-refractivity contribution < 1.29 is 5.11 Å². The van der Waals surface area contributed by atoms with Gasteiger partial charge in [0.15, 0.2) is 0 Å². The van der Waals surface area contributed by atoms with Gasteiger partial charge in [-0.2, -0.15) is 0 Å². The lowest BCUT2D eigenvalue weighted by Crippen LogP contribution is -2.27. The number of rotatable bonds is 5. The molecule has 0 aliphatic heterocycles. The molecule has 1 heterocycles. The maximum Gasteiger partial charge on any atom is 0.0974 e. The van der Waals surface area contributed by atoms with E-state index in [0.717, 1.165) is 24.4 Å². The Labute approximate surface area is 90.0 Å².